The summed E-state index contributed by atoms with van der Waals surface area (Å²) in [5, 5.41) is 11.2. The highest BCUT2D eigenvalue weighted by Gasteiger charge is 2.01. The third kappa shape index (κ3) is 3.14. The van der Waals surface area contributed by atoms with Crippen LogP contribution in [0.5, 0.6) is 0 Å². The van der Waals surface area contributed by atoms with E-state index in [0.29, 0.717) is 0 Å². The van der Waals surface area contributed by atoms with Crippen molar-refractivity contribution in [1.82, 2.24) is 20.1 Å². The van der Waals surface area contributed by atoms with Gasteiger partial charge in [0.25, 0.3) is 0 Å². The van der Waals surface area contributed by atoms with Gasteiger partial charge in [-0.3, -0.25) is 0 Å². The Hall–Kier alpha value is -1.20. The Labute approximate surface area is 109 Å². The van der Waals surface area contributed by atoms with Gasteiger partial charge in [-0.15, -0.1) is 10.2 Å². The minimum atomic E-state index is 0.724. The van der Waals surface area contributed by atoms with Crippen molar-refractivity contribution in [1.29, 1.82) is 0 Å². The van der Waals surface area contributed by atoms with E-state index in [9.17, 15) is 0 Å². The first-order chi connectivity index (χ1) is 8.16. The Balaban J connectivity index is 1.90. The summed E-state index contributed by atoms with van der Waals surface area (Å²) in [7, 11) is 1.94. The molecule has 0 spiro atoms. The molecule has 0 aliphatic carbocycles. The molecule has 1 heterocycles. The van der Waals surface area contributed by atoms with Crippen LogP contribution in [0.4, 0.5) is 0 Å². The lowest BCUT2D eigenvalue weighted by molar-refractivity contribution is 0.637. The molecule has 0 radical (unpaired) electrons. The standard InChI is InChI=1S/C12H15BrN4/c1-9-3-4-10(5-11(9)13)6-14-7-12-16-15-8-17(12)2/h3-5,8,14H,6-7H2,1-2H3. The molecule has 0 fully saturated rings. The van der Waals surface area contributed by atoms with Crippen LogP contribution >= 0.6 is 15.9 Å². The topological polar surface area (TPSA) is 42.7 Å². The van der Waals surface area contributed by atoms with E-state index in [1.807, 2.05) is 11.6 Å². The Bertz CT molecular complexity index is 507. The number of aromatic nitrogens is 3. The molecule has 0 bridgehead atoms. The minimum absolute atomic E-state index is 0.724. The molecule has 1 aromatic carbocycles. The van der Waals surface area contributed by atoms with Crippen molar-refractivity contribution in [3.05, 3.63) is 46.0 Å². The highest BCUT2D eigenvalue weighted by atomic mass is 79.9. The maximum atomic E-state index is 4.02. The number of hydrogen-bond acceptors (Lipinski definition) is 3. The Morgan fingerprint density at radius 1 is 1.35 bits per heavy atom. The second-order valence-electron chi connectivity index (χ2n) is 4.05. The van der Waals surface area contributed by atoms with E-state index in [0.717, 1.165) is 23.4 Å². The van der Waals surface area contributed by atoms with Gasteiger partial charge in [-0.1, -0.05) is 28.1 Å². The SMILES string of the molecule is Cc1ccc(CNCc2nncn2C)cc1Br. The van der Waals surface area contributed by atoms with Crippen molar-refractivity contribution >= 4 is 15.9 Å². The molecule has 0 atom stereocenters. The van der Waals surface area contributed by atoms with Gasteiger partial charge in [0.15, 0.2) is 0 Å². The van der Waals surface area contributed by atoms with E-state index in [4.69, 9.17) is 0 Å². The smallest absolute Gasteiger partial charge is 0.146 e. The lowest BCUT2D eigenvalue weighted by Crippen LogP contribution is -2.15. The highest BCUT2D eigenvalue weighted by molar-refractivity contribution is 9.10. The second kappa shape index (κ2) is 5.42. The van der Waals surface area contributed by atoms with Crippen LogP contribution < -0.4 is 5.32 Å². The molecule has 0 aliphatic heterocycles. The van der Waals surface area contributed by atoms with Gasteiger partial charge in [0, 0.05) is 18.1 Å². The summed E-state index contributed by atoms with van der Waals surface area (Å²) in [6.45, 7) is 3.63. The van der Waals surface area contributed by atoms with Crippen molar-refractivity contribution in [2.75, 3.05) is 0 Å². The molecule has 5 heteroatoms. The molecule has 0 aliphatic rings. The summed E-state index contributed by atoms with van der Waals surface area (Å²) in [6.07, 6.45) is 1.71. The van der Waals surface area contributed by atoms with Crippen molar-refractivity contribution in [2.24, 2.45) is 7.05 Å². The predicted octanol–water partition coefficient (Wildman–Crippen LogP) is 2.18. The van der Waals surface area contributed by atoms with Crippen molar-refractivity contribution < 1.29 is 0 Å². The van der Waals surface area contributed by atoms with Gasteiger partial charge in [0.2, 0.25) is 0 Å². The van der Waals surface area contributed by atoms with Crippen LogP contribution in [0.1, 0.15) is 17.0 Å². The highest BCUT2D eigenvalue weighted by Crippen LogP contribution is 2.17. The van der Waals surface area contributed by atoms with Gasteiger partial charge in [-0.25, -0.2) is 0 Å². The summed E-state index contributed by atoms with van der Waals surface area (Å²) < 4.78 is 3.06. The van der Waals surface area contributed by atoms with E-state index < -0.39 is 0 Å². The summed E-state index contributed by atoms with van der Waals surface area (Å²) in [5.41, 5.74) is 2.51. The van der Waals surface area contributed by atoms with E-state index in [1.165, 1.54) is 11.1 Å². The van der Waals surface area contributed by atoms with Crippen LogP contribution in [0.15, 0.2) is 29.0 Å². The maximum absolute atomic E-state index is 4.02. The number of benzene rings is 1. The average Bonchev–Trinajstić information content (AvgIpc) is 2.70. The van der Waals surface area contributed by atoms with Gasteiger partial charge in [0.1, 0.15) is 12.2 Å². The summed E-state index contributed by atoms with van der Waals surface area (Å²) in [6, 6.07) is 6.38. The lowest BCUT2D eigenvalue weighted by atomic mass is 10.1. The van der Waals surface area contributed by atoms with Crippen molar-refractivity contribution in [2.45, 2.75) is 20.0 Å². The fraction of sp³-hybridized carbons (Fsp3) is 0.333. The van der Waals surface area contributed by atoms with Crippen LogP contribution in [0, 0.1) is 6.92 Å². The number of hydrogen-bond donors (Lipinski definition) is 1. The fourth-order valence-corrected chi connectivity index (χ4v) is 1.96. The predicted molar refractivity (Wildman–Crippen MR) is 70.4 cm³/mol. The minimum Gasteiger partial charge on any atom is -0.320 e. The first-order valence-electron chi connectivity index (χ1n) is 5.45. The van der Waals surface area contributed by atoms with Crippen LogP contribution in [0.3, 0.4) is 0 Å². The molecule has 90 valence electrons. The van der Waals surface area contributed by atoms with Crippen LogP contribution in [-0.2, 0) is 20.1 Å². The van der Waals surface area contributed by atoms with E-state index in [2.05, 4.69) is 56.6 Å². The largest absolute Gasteiger partial charge is 0.320 e. The third-order valence-corrected chi connectivity index (χ3v) is 3.51. The molecule has 1 N–H and O–H groups in total. The molecular weight excluding hydrogens is 280 g/mol. The van der Waals surface area contributed by atoms with Gasteiger partial charge < -0.3 is 9.88 Å². The van der Waals surface area contributed by atoms with Gasteiger partial charge in [0.05, 0.1) is 6.54 Å². The zero-order valence-corrected chi connectivity index (χ0v) is 11.5. The van der Waals surface area contributed by atoms with Crippen molar-refractivity contribution in [3.8, 4) is 0 Å². The van der Waals surface area contributed by atoms with Gasteiger partial charge in [-0.2, -0.15) is 0 Å². The monoisotopic (exact) mass is 294 g/mol. The number of rotatable bonds is 4. The number of nitrogens with zero attached hydrogens (tertiary/aromatic N) is 3. The van der Waals surface area contributed by atoms with Gasteiger partial charge >= 0.3 is 0 Å². The quantitative estimate of drug-likeness (QED) is 0.940. The maximum Gasteiger partial charge on any atom is 0.146 e. The van der Waals surface area contributed by atoms with Gasteiger partial charge in [-0.05, 0) is 24.1 Å². The molecule has 2 rings (SSSR count). The summed E-state index contributed by atoms with van der Waals surface area (Å²) in [5.74, 6) is 0.941. The Morgan fingerprint density at radius 3 is 2.82 bits per heavy atom. The Kier molecular flexibility index (Phi) is 3.91. The van der Waals surface area contributed by atoms with Crippen LogP contribution in [0.2, 0.25) is 0 Å². The van der Waals surface area contributed by atoms with E-state index in [1.54, 1.807) is 6.33 Å². The third-order valence-electron chi connectivity index (χ3n) is 2.65. The average molecular weight is 295 g/mol. The molecule has 0 amide bonds. The molecule has 1 aromatic heterocycles. The van der Waals surface area contributed by atoms with Crippen LogP contribution in [0.25, 0.3) is 0 Å². The van der Waals surface area contributed by atoms with Crippen LogP contribution in [-0.4, -0.2) is 14.8 Å². The first-order valence-corrected chi connectivity index (χ1v) is 6.25. The molecule has 0 saturated heterocycles. The summed E-state index contributed by atoms with van der Waals surface area (Å²) in [4.78, 5) is 0. The first kappa shape index (κ1) is 12.3. The van der Waals surface area contributed by atoms with E-state index in [-0.39, 0.29) is 0 Å². The van der Waals surface area contributed by atoms with Crippen molar-refractivity contribution in [3.63, 3.8) is 0 Å². The van der Waals surface area contributed by atoms with E-state index >= 15 is 0 Å². The second-order valence-corrected chi connectivity index (χ2v) is 4.90. The molecular formula is C12H15BrN4. The Morgan fingerprint density at radius 2 is 2.18 bits per heavy atom. The fourth-order valence-electron chi connectivity index (χ4n) is 1.53. The molecule has 17 heavy (non-hydrogen) atoms. The molecule has 0 saturated carbocycles. The molecule has 0 unspecified atom stereocenters. The number of halogens is 1. The summed E-state index contributed by atoms with van der Waals surface area (Å²) >= 11 is 3.53. The normalized spacial score (nSPS) is 10.8. The number of aryl methyl sites for hydroxylation is 2. The zero-order valence-electron chi connectivity index (χ0n) is 9.94. The lowest BCUT2D eigenvalue weighted by Gasteiger charge is -2.06. The number of nitrogens with one attached hydrogen (secondary N) is 1. The molecule has 2 aromatic rings. The zero-order chi connectivity index (χ0) is 12.3. The molecule has 4 nitrogen and oxygen atoms in total.